The fourth-order valence-electron chi connectivity index (χ4n) is 3.16. The third kappa shape index (κ3) is 4.49. The summed E-state index contributed by atoms with van der Waals surface area (Å²) >= 11 is 0. The van der Waals surface area contributed by atoms with Crippen molar-refractivity contribution < 1.29 is 19.0 Å². The van der Waals surface area contributed by atoms with Crippen LogP contribution < -0.4 is 14.9 Å². The molecule has 1 atom stereocenters. The highest BCUT2D eigenvalue weighted by atomic mass is 16.5. The number of hydrogen-bond donors (Lipinski definition) is 1. The fourth-order valence-corrected chi connectivity index (χ4v) is 3.16. The first-order valence-electron chi connectivity index (χ1n) is 9.43. The minimum Gasteiger partial charge on any atom is -0.491 e. The van der Waals surface area contributed by atoms with Gasteiger partial charge in [-0.25, -0.2) is 4.98 Å². The molecule has 4 rings (SSSR count). The van der Waals surface area contributed by atoms with Crippen LogP contribution in [0.25, 0.3) is 11.0 Å². The Kier molecular flexibility index (Phi) is 5.49. The lowest BCUT2D eigenvalue weighted by Gasteiger charge is -2.12. The minimum absolute atomic E-state index is 0.0590. The van der Waals surface area contributed by atoms with Crippen LogP contribution >= 0.6 is 0 Å². The molecule has 0 saturated carbocycles. The molecule has 2 aromatic heterocycles. The first kappa shape index (κ1) is 19.7. The normalized spacial score (nSPS) is 12.1. The van der Waals surface area contributed by atoms with Crippen LogP contribution in [0.5, 0.6) is 17.2 Å². The highest BCUT2D eigenvalue weighted by Gasteiger charge is 2.12. The topological polar surface area (TPSA) is 99.6 Å². The van der Waals surface area contributed by atoms with Gasteiger partial charge in [0, 0.05) is 6.07 Å². The molecule has 0 radical (unpaired) electrons. The Morgan fingerprint density at radius 1 is 1.13 bits per heavy atom. The number of rotatable bonds is 7. The van der Waals surface area contributed by atoms with Crippen molar-refractivity contribution >= 4 is 11.0 Å². The predicted octanol–water partition coefficient (Wildman–Crippen LogP) is 3.23. The van der Waals surface area contributed by atoms with E-state index in [0.29, 0.717) is 22.5 Å². The lowest BCUT2D eigenvalue weighted by Crippen LogP contribution is -2.23. The molecular formula is C22H21N3O5. The molecule has 0 unspecified atom stereocenters. The number of fused-ring (bicyclic) bond motifs is 1. The van der Waals surface area contributed by atoms with E-state index in [1.165, 1.54) is 23.6 Å². The largest absolute Gasteiger partial charge is 0.491 e. The van der Waals surface area contributed by atoms with Gasteiger partial charge in [-0.15, -0.1) is 0 Å². The smallest absolute Gasteiger partial charge is 0.235 e. The van der Waals surface area contributed by atoms with E-state index < -0.39 is 6.10 Å². The second kappa shape index (κ2) is 8.38. The molecule has 8 nitrogen and oxygen atoms in total. The number of benzene rings is 2. The Balaban J connectivity index is 1.48. The summed E-state index contributed by atoms with van der Waals surface area (Å²) in [5.74, 6) is 1.18. The van der Waals surface area contributed by atoms with Crippen LogP contribution in [0.4, 0.5) is 0 Å². The van der Waals surface area contributed by atoms with Crippen molar-refractivity contribution in [3.05, 3.63) is 76.7 Å². The van der Waals surface area contributed by atoms with Gasteiger partial charge in [-0.05, 0) is 49.2 Å². The molecule has 0 amide bonds. The van der Waals surface area contributed by atoms with Crippen molar-refractivity contribution in [1.82, 2.24) is 14.8 Å². The molecular weight excluding hydrogens is 386 g/mol. The maximum atomic E-state index is 12.8. The molecule has 0 fully saturated rings. The molecule has 8 heteroatoms. The molecule has 2 aromatic carbocycles. The molecule has 0 aliphatic rings. The molecule has 0 spiro atoms. The Morgan fingerprint density at radius 3 is 2.67 bits per heavy atom. The Bertz CT molecular complexity index is 1200. The van der Waals surface area contributed by atoms with E-state index >= 15 is 0 Å². The van der Waals surface area contributed by atoms with E-state index in [1.54, 1.807) is 18.2 Å². The molecule has 2 heterocycles. The number of aryl methyl sites for hydroxylation is 2. The molecule has 30 heavy (non-hydrogen) atoms. The summed E-state index contributed by atoms with van der Waals surface area (Å²) < 4.78 is 18.5. The first-order chi connectivity index (χ1) is 14.5. The lowest BCUT2D eigenvalue weighted by molar-refractivity contribution is 0.0893. The third-order valence-electron chi connectivity index (χ3n) is 4.44. The zero-order valence-corrected chi connectivity index (χ0v) is 16.6. The van der Waals surface area contributed by atoms with Gasteiger partial charge >= 0.3 is 0 Å². The van der Waals surface area contributed by atoms with Crippen LogP contribution in [0.1, 0.15) is 11.1 Å². The van der Waals surface area contributed by atoms with Crippen LogP contribution in [0, 0.1) is 13.8 Å². The van der Waals surface area contributed by atoms with Crippen molar-refractivity contribution in [2.24, 2.45) is 0 Å². The number of aromatic nitrogens is 3. The number of aliphatic hydroxyl groups is 1. The average molecular weight is 407 g/mol. The van der Waals surface area contributed by atoms with E-state index in [2.05, 4.69) is 10.1 Å². The predicted molar refractivity (Wildman–Crippen MR) is 110 cm³/mol. The minimum atomic E-state index is -0.761. The van der Waals surface area contributed by atoms with E-state index in [0.717, 1.165) is 11.1 Å². The summed E-state index contributed by atoms with van der Waals surface area (Å²) in [6.07, 6.45) is 3.46. The standard InChI is InChI=1S/C22H21N3O5/c1-14-5-15(2)7-18(6-14)30-21-11-29-20-8-17(3-4-19(20)22(21)27)28-10-16(26)9-25-13-23-12-24-25/h3-8,11-13,16,26H,9-10H2,1-2H3/t16-/m0/s1. The van der Waals surface area contributed by atoms with Crippen molar-refractivity contribution in [1.29, 1.82) is 0 Å². The summed E-state index contributed by atoms with van der Waals surface area (Å²) in [5, 5.41) is 14.4. The first-order valence-corrected chi connectivity index (χ1v) is 9.43. The zero-order valence-electron chi connectivity index (χ0n) is 16.6. The molecule has 0 bridgehead atoms. The number of hydrogen-bond acceptors (Lipinski definition) is 7. The van der Waals surface area contributed by atoms with Crippen LogP contribution in [0.15, 0.2) is 64.5 Å². The van der Waals surface area contributed by atoms with Gasteiger partial charge in [-0.2, -0.15) is 5.10 Å². The highest BCUT2D eigenvalue weighted by Crippen LogP contribution is 2.25. The quantitative estimate of drug-likeness (QED) is 0.502. The fraction of sp³-hybridized carbons (Fsp3) is 0.227. The molecule has 0 aliphatic heterocycles. The molecule has 0 aliphatic carbocycles. The molecule has 0 saturated heterocycles. The summed E-state index contributed by atoms with van der Waals surface area (Å²) in [6, 6.07) is 10.6. The Morgan fingerprint density at radius 2 is 1.93 bits per heavy atom. The van der Waals surface area contributed by atoms with E-state index in [4.69, 9.17) is 13.9 Å². The van der Waals surface area contributed by atoms with Crippen LogP contribution in [-0.2, 0) is 6.54 Å². The lowest BCUT2D eigenvalue weighted by atomic mass is 10.1. The van der Waals surface area contributed by atoms with E-state index in [9.17, 15) is 9.90 Å². The second-order valence-corrected chi connectivity index (χ2v) is 7.09. The Labute approximate surface area is 172 Å². The van der Waals surface area contributed by atoms with Gasteiger partial charge in [-0.3, -0.25) is 9.48 Å². The zero-order chi connectivity index (χ0) is 21.1. The second-order valence-electron chi connectivity index (χ2n) is 7.09. The van der Waals surface area contributed by atoms with E-state index in [1.807, 2.05) is 32.0 Å². The van der Waals surface area contributed by atoms with E-state index in [-0.39, 0.29) is 24.3 Å². The number of nitrogens with zero attached hydrogens (tertiary/aromatic N) is 3. The van der Waals surface area contributed by atoms with Gasteiger partial charge in [0.1, 0.15) is 48.7 Å². The summed E-state index contributed by atoms with van der Waals surface area (Å²) in [5.41, 5.74) is 2.19. The number of aliphatic hydroxyl groups excluding tert-OH is 1. The Hall–Kier alpha value is -3.65. The van der Waals surface area contributed by atoms with Crippen LogP contribution in [0.2, 0.25) is 0 Å². The summed E-state index contributed by atoms with van der Waals surface area (Å²) in [7, 11) is 0. The van der Waals surface area contributed by atoms with Crippen molar-refractivity contribution in [3.63, 3.8) is 0 Å². The van der Waals surface area contributed by atoms with Gasteiger partial charge < -0.3 is 19.0 Å². The van der Waals surface area contributed by atoms with Crippen molar-refractivity contribution in [2.45, 2.75) is 26.5 Å². The highest BCUT2D eigenvalue weighted by molar-refractivity contribution is 5.79. The van der Waals surface area contributed by atoms with Crippen molar-refractivity contribution in [2.75, 3.05) is 6.61 Å². The van der Waals surface area contributed by atoms with Gasteiger partial charge in [0.25, 0.3) is 0 Å². The van der Waals surface area contributed by atoms with Gasteiger partial charge in [0.2, 0.25) is 11.2 Å². The third-order valence-corrected chi connectivity index (χ3v) is 4.44. The van der Waals surface area contributed by atoms with Gasteiger partial charge in [0.05, 0.1) is 11.9 Å². The maximum absolute atomic E-state index is 12.8. The maximum Gasteiger partial charge on any atom is 0.235 e. The average Bonchev–Trinajstić information content (AvgIpc) is 3.21. The van der Waals surface area contributed by atoms with Crippen molar-refractivity contribution in [3.8, 4) is 17.2 Å². The van der Waals surface area contributed by atoms with Crippen LogP contribution in [-0.4, -0.2) is 32.6 Å². The molecule has 1 N–H and O–H groups in total. The summed E-state index contributed by atoms with van der Waals surface area (Å²) in [6.45, 7) is 4.26. The monoisotopic (exact) mass is 407 g/mol. The molecule has 154 valence electrons. The summed E-state index contributed by atoms with van der Waals surface area (Å²) in [4.78, 5) is 16.6. The SMILES string of the molecule is Cc1cc(C)cc(Oc2coc3cc(OC[C@@H](O)Cn4cncn4)ccc3c2=O)c1. The van der Waals surface area contributed by atoms with Crippen LogP contribution in [0.3, 0.4) is 0 Å². The van der Waals surface area contributed by atoms with Gasteiger partial charge in [0.15, 0.2) is 0 Å². The number of ether oxygens (including phenoxy) is 2. The van der Waals surface area contributed by atoms with Gasteiger partial charge in [-0.1, -0.05) is 6.07 Å². The molecule has 4 aromatic rings.